The molecule has 368 valence electrons. The summed E-state index contributed by atoms with van der Waals surface area (Å²) in [6.45, 7) is 6.37. The van der Waals surface area contributed by atoms with Gasteiger partial charge in [0, 0.05) is 6.42 Å². The summed E-state index contributed by atoms with van der Waals surface area (Å²) in [5.74, 6) is -0.552. The molecule has 3 N–H and O–H groups in total. The number of carbonyl (C=O) groups excluding carboxylic acids is 2. The van der Waals surface area contributed by atoms with E-state index < -0.39 is 18.2 Å². The predicted molar refractivity (Wildman–Crippen MR) is 278 cm³/mol. The molecule has 0 saturated heterocycles. The third kappa shape index (κ3) is 45.6. The van der Waals surface area contributed by atoms with Crippen LogP contribution in [0.5, 0.6) is 0 Å². The second kappa shape index (κ2) is 51.0. The Morgan fingerprint density at radius 1 is 0.453 bits per heavy atom. The van der Waals surface area contributed by atoms with E-state index in [1.807, 2.05) is 24.3 Å². The first-order valence-electron chi connectivity index (χ1n) is 26.9. The quantitative estimate of drug-likeness (QED) is 0.0321. The third-order valence-electron chi connectivity index (χ3n) is 11.8. The van der Waals surface area contributed by atoms with E-state index in [2.05, 4.69) is 86.8 Å². The van der Waals surface area contributed by atoms with Gasteiger partial charge in [-0.3, -0.25) is 9.59 Å². The van der Waals surface area contributed by atoms with Gasteiger partial charge in [0.15, 0.2) is 0 Å². The number of aliphatic hydroxyl groups excluding tert-OH is 2. The Kier molecular flexibility index (Phi) is 48.7. The van der Waals surface area contributed by atoms with Gasteiger partial charge in [0.25, 0.3) is 0 Å². The fourth-order valence-electron chi connectivity index (χ4n) is 7.75. The summed E-state index contributed by atoms with van der Waals surface area (Å²) in [5, 5.41) is 23.8. The SMILES string of the molecule is CCC/C=C/C=C/C=C/C=C/C=C/CCCCCCCC(=O)OC(CCC/C=C/C=C/CCCCCCCCC)CC(=O)NC(CO)C(O)CCCCCCCCCCCCCCC. The standard InChI is InChI=1S/C58H101NO5/c1-4-7-10-13-16-19-22-25-27-28-29-30-33-36-39-42-45-48-51-58(63)64-54(49-46-43-40-37-34-32-26-23-20-17-14-11-8-5-2)52-57(62)59-55(53-60)56(61)50-47-44-41-38-35-31-24-21-18-15-12-9-6-3/h10,13,16,19,22,25,27-30,32,34,37,40,54-56,60-61H,4-9,11-12,14-15,17-18,20-21,23-24,26,31,33,35-36,38-39,41-53H2,1-3H3,(H,59,62)/b13-10+,19-16+,25-22+,28-27+,30-29+,34-32+,40-37+. The number of unbranched alkanes of at least 4 members (excludes halogenated alkanes) is 26. The molecule has 0 fully saturated rings. The number of hydrogen-bond acceptors (Lipinski definition) is 5. The molecule has 0 aliphatic rings. The van der Waals surface area contributed by atoms with Crippen LogP contribution in [-0.2, 0) is 14.3 Å². The van der Waals surface area contributed by atoms with Gasteiger partial charge in [0.1, 0.15) is 6.10 Å². The van der Waals surface area contributed by atoms with Crippen molar-refractivity contribution in [1.29, 1.82) is 0 Å². The molecule has 0 saturated carbocycles. The molecule has 6 nitrogen and oxygen atoms in total. The Labute approximate surface area is 395 Å². The van der Waals surface area contributed by atoms with Crippen molar-refractivity contribution >= 4 is 11.9 Å². The highest BCUT2D eigenvalue weighted by Crippen LogP contribution is 2.17. The van der Waals surface area contributed by atoms with E-state index in [0.717, 1.165) is 83.5 Å². The van der Waals surface area contributed by atoms with E-state index in [1.54, 1.807) is 0 Å². The van der Waals surface area contributed by atoms with Crippen LogP contribution >= 0.6 is 0 Å². The van der Waals surface area contributed by atoms with Crippen molar-refractivity contribution in [2.24, 2.45) is 0 Å². The molecule has 0 radical (unpaired) electrons. The van der Waals surface area contributed by atoms with Crippen LogP contribution in [0.3, 0.4) is 0 Å². The zero-order valence-electron chi connectivity index (χ0n) is 41.9. The van der Waals surface area contributed by atoms with Gasteiger partial charge in [-0.2, -0.15) is 0 Å². The van der Waals surface area contributed by atoms with Crippen molar-refractivity contribution in [2.75, 3.05) is 6.61 Å². The first-order valence-corrected chi connectivity index (χ1v) is 26.9. The zero-order valence-corrected chi connectivity index (χ0v) is 41.9. The smallest absolute Gasteiger partial charge is 0.306 e. The van der Waals surface area contributed by atoms with E-state index in [4.69, 9.17) is 4.74 Å². The van der Waals surface area contributed by atoms with Gasteiger partial charge in [0.05, 0.1) is 25.2 Å². The molecule has 3 unspecified atom stereocenters. The average molecular weight is 892 g/mol. The maximum atomic E-state index is 13.2. The zero-order chi connectivity index (χ0) is 46.7. The van der Waals surface area contributed by atoms with Gasteiger partial charge >= 0.3 is 5.97 Å². The molecule has 3 atom stereocenters. The van der Waals surface area contributed by atoms with Crippen LogP contribution in [0.25, 0.3) is 0 Å². The van der Waals surface area contributed by atoms with Crippen molar-refractivity contribution in [3.8, 4) is 0 Å². The van der Waals surface area contributed by atoms with Crippen molar-refractivity contribution < 1.29 is 24.5 Å². The van der Waals surface area contributed by atoms with E-state index in [9.17, 15) is 19.8 Å². The van der Waals surface area contributed by atoms with Crippen LogP contribution in [0.2, 0.25) is 0 Å². The number of amides is 1. The van der Waals surface area contributed by atoms with Crippen LogP contribution < -0.4 is 5.32 Å². The average Bonchev–Trinajstić information content (AvgIpc) is 3.29. The van der Waals surface area contributed by atoms with E-state index in [-0.39, 0.29) is 24.9 Å². The molecule has 0 rings (SSSR count). The van der Waals surface area contributed by atoms with Gasteiger partial charge in [-0.25, -0.2) is 0 Å². The molecule has 0 aromatic heterocycles. The fourth-order valence-corrected chi connectivity index (χ4v) is 7.75. The first-order chi connectivity index (χ1) is 31.5. The lowest BCUT2D eigenvalue weighted by atomic mass is 10.0. The van der Waals surface area contributed by atoms with Gasteiger partial charge in [-0.15, -0.1) is 0 Å². The highest BCUT2D eigenvalue weighted by atomic mass is 16.5. The largest absolute Gasteiger partial charge is 0.462 e. The van der Waals surface area contributed by atoms with Gasteiger partial charge in [-0.05, 0) is 64.2 Å². The molecule has 1 amide bonds. The first kappa shape index (κ1) is 61.0. The maximum Gasteiger partial charge on any atom is 0.306 e. The minimum Gasteiger partial charge on any atom is -0.462 e. The van der Waals surface area contributed by atoms with Gasteiger partial charge in [-0.1, -0.05) is 254 Å². The number of nitrogens with one attached hydrogen (secondary N) is 1. The molecule has 0 heterocycles. The Balaban J connectivity index is 4.70. The molecule has 64 heavy (non-hydrogen) atoms. The lowest BCUT2D eigenvalue weighted by Gasteiger charge is -2.24. The summed E-state index contributed by atoms with van der Waals surface area (Å²) in [5.41, 5.74) is 0. The van der Waals surface area contributed by atoms with Crippen LogP contribution in [0, 0.1) is 0 Å². The maximum absolute atomic E-state index is 13.2. The second-order valence-corrected chi connectivity index (χ2v) is 18.1. The summed E-state index contributed by atoms with van der Waals surface area (Å²) in [4.78, 5) is 26.2. The number of esters is 1. The summed E-state index contributed by atoms with van der Waals surface area (Å²) in [7, 11) is 0. The molecule has 0 spiro atoms. The molecule has 0 aliphatic carbocycles. The number of ether oxygens (including phenoxy) is 1. The Hall–Kier alpha value is -2.96. The van der Waals surface area contributed by atoms with Gasteiger partial charge in [0.2, 0.25) is 5.91 Å². The third-order valence-corrected chi connectivity index (χ3v) is 11.8. The van der Waals surface area contributed by atoms with Crippen LogP contribution in [0.4, 0.5) is 0 Å². The minimum atomic E-state index is -0.808. The van der Waals surface area contributed by atoms with E-state index >= 15 is 0 Å². The Morgan fingerprint density at radius 2 is 0.844 bits per heavy atom. The summed E-state index contributed by atoms with van der Waals surface area (Å²) in [6, 6.07) is -0.725. The fraction of sp³-hybridized carbons (Fsp3) is 0.724. The van der Waals surface area contributed by atoms with Crippen LogP contribution in [0.1, 0.15) is 245 Å². The molecule has 0 bridgehead atoms. The molecular formula is C58H101NO5. The second-order valence-electron chi connectivity index (χ2n) is 18.1. The van der Waals surface area contributed by atoms with Crippen LogP contribution in [-0.4, -0.2) is 46.9 Å². The molecule has 0 aliphatic heterocycles. The molecular weight excluding hydrogens is 791 g/mol. The normalized spacial score (nSPS) is 13.9. The van der Waals surface area contributed by atoms with Crippen molar-refractivity contribution in [1.82, 2.24) is 5.32 Å². The highest BCUT2D eigenvalue weighted by molar-refractivity contribution is 5.77. The molecule has 0 aromatic rings. The van der Waals surface area contributed by atoms with E-state index in [1.165, 1.54) is 116 Å². The van der Waals surface area contributed by atoms with Crippen LogP contribution in [0.15, 0.2) is 85.1 Å². The van der Waals surface area contributed by atoms with Crippen molar-refractivity contribution in [3.63, 3.8) is 0 Å². The number of carbonyl (C=O) groups is 2. The van der Waals surface area contributed by atoms with Crippen molar-refractivity contribution in [3.05, 3.63) is 85.1 Å². The summed E-state index contributed by atoms with van der Waals surface area (Å²) >= 11 is 0. The topological polar surface area (TPSA) is 95.9 Å². The molecule has 0 aromatic carbocycles. The number of allylic oxidation sites excluding steroid dienone is 14. The number of hydrogen-bond donors (Lipinski definition) is 3. The Bertz CT molecular complexity index is 1230. The lowest BCUT2D eigenvalue weighted by Crippen LogP contribution is -2.46. The monoisotopic (exact) mass is 892 g/mol. The lowest BCUT2D eigenvalue weighted by molar-refractivity contribution is -0.151. The highest BCUT2D eigenvalue weighted by Gasteiger charge is 2.24. The number of aliphatic hydroxyl groups is 2. The van der Waals surface area contributed by atoms with Gasteiger partial charge < -0.3 is 20.3 Å². The van der Waals surface area contributed by atoms with E-state index in [0.29, 0.717) is 19.3 Å². The predicted octanol–water partition coefficient (Wildman–Crippen LogP) is 16.3. The van der Waals surface area contributed by atoms with Crippen molar-refractivity contribution in [2.45, 2.75) is 264 Å². The molecule has 6 heteroatoms. The summed E-state index contributed by atoms with van der Waals surface area (Å²) in [6.07, 6.45) is 66.4. The number of rotatable bonds is 47. The Morgan fingerprint density at radius 3 is 1.31 bits per heavy atom. The summed E-state index contributed by atoms with van der Waals surface area (Å²) < 4.78 is 5.91. The minimum absolute atomic E-state index is 0.0303.